The van der Waals surface area contributed by atoms with Gasteiger partial charge in [0.25, 0.3) is 5.69 Å². The Kier molecular flexibility index (Phi) is 6.06. The topological polar surface area (TPSA) is 119 Å². The number of carbonyl (C=O) groups excluding carboxylic acids is 1. The van der Waals surface area contributed by atoms with Gasteiger partial charge in [0.1, 0.15) is 5.60 Å². The molecular weight excluding hydrogens is 304 g/mol. The molecule has 0 unspecified atom stereocenters. The lowest BCUT2D eigenvalue weighted by Crippen LogP contribution is -2.41. The minimum atomic E-state index is -1.06. The number of rotatable bonds is 6. The van der Waals surface area contributed by atoms with E-state index in [1.54, 1.807) is 20.8 Å². The van der Waals surface area contributed by atoms with Crippen LogP contribution in [-0.2, 0) is 16.0 Å². The van der Waals surface area contributed by atoms with E-state index >= 15 is 0 Å². The van der Waals surface area contributed by atoms with Crippen molar-refractivity contribution < 1.29 is 24.4 Å². The van der Waals surface area contributed by atoms with Crippen LogP contribution in [0.15, 0.2) is 24.3 Å². The van der Waals surface area contributed by atoms with E-state index in [2.05, 4.69) is 5.32 Å². The SMILES string of the molecule is CC(C)(C)OC(=O)N[C@@H](CC(=O)O)Cc1ccc([N+](=O)[O-])cc1. The normalized spacial score (nSPS) is 12.3. The number of alkyl carbamates (subject to hydrolysis) is 1. The molecule has 1 atom stereocenters. The lowest BCUT2D eigenvalue weighted by atomic mass is 10.0. The highest BCUT2D eigenvalue weighted by Gasteiger charge is 2.21. The Morgan fingerprint density at radius 3 is 2.30 bits per heavy atom. The Morgan fingerprint density at radius 2 is 1.87 bits per heavy atom. The molecule has 8 heteroatoms. The maximum Gasteiger partial charge on any atom is 0.407 e. The van der Waals surface area contributed by atoms with Gasteiger partial charge in [0.2, 0.25) is 0 Å². The summed E-state index contributed by atoms with van der Waals surface area (Å²) in [4.78, 5) is 32.8. The zero-order valence-corrected chi connectivity index (χ0v) is 13.2. The molecule has 0 aliphatic heterocycles. The van der Waals surface area contributed by atoms with Crippen molar-refractivity contribution in [3.63, 3.8) is 0 Å². The summed E-state index contributed by atoms with van der Waals surface area (Å²) in [6, 6.07) is 5.05. The minimum absolute atomic E-state index is 0.0522. The zero-order valence-electron chi connectivity index (χ0n) is 13.2. The van der Waals surface area contributed by atoms with Crippen molar-refractivity contribution in [1.82, 2.24) is 5.32 Å². The van der Waals surface area contributed by atoms with Crippen LogP contribution in [-0.4, -0.2) is 33.7 Å². The predicted octanol–water partition coefficient (Wildman–Crippen LogP) is 2.51. The Labute approximate surface area is 133 Å². The number of carboxylic acid groups (broad SMARTS) is 1. The number of carbonyl (C=O) groups is 2. The number of carboxylic acids is 1. The third-order valence-corrected chi connectivity index (χ3v) is 2.77. The molecule has 2 N–H and O–H groups in total. The van der Waals surface area contributed by atoms with Gasteiger partial charge in [0.05, 0.1) is 11.3 Å². The smallest absolute Gasteiger partial charge is 0.407 e. The summed E-state index contributed by atoms with van der Waals surface area (Å²) in [5.74, 6) is -1.06. The number of nitro groups is 1. The van der Waals surface area contributed by atoms with Crippen LogP contribution in [0.25, 0.3) is 0 Å². The summed E-state index contributed by atoms with van der Waals surface area (Å²) in [5, 5.41) is 22.1. The molecule has 0 saturated carbocycles. The van der Waals surface area contributed by atoms with Crippen molar-refractivity contribution in [2.45, 2.75) is 45.3 Å². The Bertz CT molecular complexity index is 577. The molecule has 1 aromatic rings. The molecule has 0 aromatic heterocycles. The van der Waals surface area contributed by atoms with Crippen LogP contribution >= 0.6 is 0 Å². The van der Waals surface area contributed by atoms with Crippen LogP contribution in [0, 0.1) is 10.1 Å². The third-order valence-electron chi connectivity index (χ3n) is 2.77. The van der Waals surface area contributed by atoms with E-state index in [1.807, 2.05) is 0 Å². The van der Waals surface area contributed by atoms with Gasteiger partial charge >= 0.3 is 12.1 Å². The molecular formula is C15H20N2O6. The van der Waals surface area contributed by atoms with Crippen LogP contribution in [0.5, 0.6) is 0 Å². The van der Waals surface area contributed by atoms with Gasteiger partial charge in [0.15, 0.2) is 0 Å². The molecule has 1 amide bonds. The Morgan fingerprint density at radius 1 is 1.30 bits per heavy atom. The molecule has 0 spiro atoms. The van der Waals surface area contributed by atoms with Crippen molar-refractivity contribution >= 4 is 17.7 Å². The van der Waals surface area contributed by atoms with E-state index in [0.717, 1.165) is 0 Å². The molecule has 0 fully saturated rings. The molecule has 0 aliphatic rings. The number of benzene rings is 1. The van der Waals surface area contributed by atoms with Gasteiger partial charge in [-0.05, 0) is 32.8 Å². The van der Waals surface area contributed by atoms with E-state index in [9.17, 15) is 19.7 Å². The first kappa shape index (κ1) is 18.4. The summed E-state index contributed by atoms with van der Waals surface area (Å²) in [7, 11) is 0. The molecule has 8 nitrogen and oxygen atoms in total. The van der Waals surface area contributed by atoms with Crippen LogP contribution in [0.1, 0.15) is 32.8 Å². The molecule has 1 aromatic carbocycles. The second kappa shape index (κ2) is 7.57. The lowest BCUT2D eigenvalue weighted by Gasteiger charge is -2.23. The van der Waals surface area contributed by atoms with Gasteiger partial charge in [-0.3, -0.25) is 14.9 Å². The number of hydrogen-bond donors (Lipinski definition) is 2. The summed E-state index contributed by atoms with van der Waals surface area (Å²) < 4.78 is 5.11. The second-order valence-corrected chi connectivity index (χ2v) is 6.07. The number of amides is 1. The van der Waals surface area contributed by atoms with Gasteiger partial charge in [-0.25, -0.2) is 4.79 Å². The standard InChI is InChI=1S/C15H20N2O6/c1-15(2,3)23-14(20)16-11(9-13(18)19)8-10-4-6-12(7-5-10)17(21)22/h4-7,11H,8-9H2,1-3H3,(H,16,20)(H,18,19)/t11-/m1/s1. The van der Waals surface area contributed by atoms with Crippen LogP contribution in [0.3, 0.4) is 0 Å². The van der Waals surface area contributed by atoms with E-state index in [4.69, 9.17) is 9.84 Å². The maximum atomic E-state index is 11.8. The average Bonchev–Trinajstić information content (AvgIpc) is 2.35. The first-order valence-corrected chi connectivity index (χ1v) is 7.01. The number of aliphatic carboxylic acids is 1. The highest BCUT2D eigenvalue weighted by molar-refractivity contribution is 5.71. The fraction of sp³-hybridized carbons (Fsp3) is 0.467. The fourth-order valence-electron chi connectivity index (χ4n) is 1.90. The van der Waals surface area contributed by atoms with E-state index < -0.39 is 28.6 Å². The molecule has 0 saturated heterocycles. The number of nitrogens with one attached hydrogen (secondary N) is 1. The van der Waals surface area contributed by atoms with Gasteiger partial charge in [-0.2, -0.15) is 0 Å². The van der Waals surface area contributed by atoms with Crippen LogP contribution in [0.2, 0.25) is 0 Å². The van der Waals surface area contributed by atoms with Crippen LogP contribution < -0.4 is 5.32 Å². The van der Waals surface area contributed by atoms with Gasteiger partial charge < -0.3 is 15.2 Å². The molecule has 1 rings (SSSR count). The number of non-ortho nitro benzene ring substituents is 1. The molecule has 0 aliphatic carbocycles. The van der Waals surface area contributed by atoms with E-state index in [1.165, 1.54) is 24.3 Å². The van der Waals surface area contributed by atoms with Crippen LogP contribution in [0.4, 0.5) is 10.5 Å². The summed E-state index contributed by atoms with van der Waals surface area (Å²) in [6.07, 6.45) is -0.759. The average molecular weight is 324 g/mol. The van der Waals surface area contributed by atoms with E-state index in [-0.39, 0.29) is 18.5 Å². The van der Waals surface area contributed by atoms with Gasteiger partial charge in [0, 0.05) is 18.2 Å². The first-order chi connectivity index (χ1) is 10.6. The van der Waals surface area contributed by atoms with Crippen molar-refractivity contribution in [2.24, 2.45) is 0 Å². The van der Waals surface area contributed by atoms with Gasteiger partial charge in [-0.15, -0.1) is 0 Å². The summed E-state index contributed by atoms with van der Waals surface area (Å²) in [6.45, 7) is 5.11. The number of nitrogens with zero attached hydrogens (tertiary/aromatic N) is 1. The van der Waals surface area contributed by atoms with Gasteiger partial charge in [-0.1, -0.05) is 12.1 Å². The highest BCUT2D eigenvalue weighted by Crippen LogP contribution is 2.14. The predicted molar refractivity (Wildman–Crippen MR) is 82.2 cm³/mol. The molecule has 0 radical (unpaired) electrons. The molecule has 0 bridgehead atoms. The second-order valence-electron chi connectivity index (χ2n) is 6.07. The number of ether oxygens (including phenoxy) is 1. The van der Waals surface area contributed by atoms with Crippen molar-refractivity contribution in [1.29, 1.82) is 0 Å². The fourth-order valence-corrected chi connectivity index (χ4v) is 1.90. The summed E-state index contributed by atoms with van der Waals surface area (Å²) >= 11 is 0. The molecule has 0 heterocycles. The number of nitro benzene ring substituents is 1. The van der Waals surface area contributed by atoms with Crippen molar-refractivity contribution in [3.8, 4) is 0 Å². The quantitative estimate of drug-likeness (QED) is 0.613. The van der Waals surface area contributed by atoms with Crippen molar-refractivity contribution in [2.75, 3.05) is 0 Å². The number of hydrogen-bond acceptors (Lipinski definition) is 5. The first-order valence-electron chi connectivity index (χ1n) is 7.01. The molecule has 126 valence electrons. The Balaban J connectivity index is 2.76. The maximum absolute atomic E-state index is 11.8. The monoisotopic (exact) mass is 324 g/mol. The minimum Gasteiger partial charge on any atom is -0.481 e. The summed E-state index contributed by atoms with van der Waals surface area (Å²) in [5.41, 5.74) is -0.0628. The molecule has 23 heavy (non-hydrogen) atoms. The highest BCUT2D eigenvalue weighted by atomic mass is 16.6. The zero-order chi connectivity index (χ0) is 17.6. The van der Waals surface area contributed by atoms with E-state index in [0.29, 0.717) is 5.56 Å². The largest absolute Gasteiger partial charge is 0.481 e. The third kappa shape index (κ3) is 7.25. The Hall–Kier alpha value is -2.64. The van der Waals surface area contributed by atoms with Crippen molar-refractivity contribution in [3.05, 3.63) is 39.9 Å². The lowest BCUT2D eigenvalue weighted by molar-refractivity contribution is -0.384.